The highest BCUT2D eigenvalue weighted by molar-refractivity contribution is 6.00. The Bertz CT molecular complexity index is 1090. The van der Waals surface area contributed by atoms with Crippen molar-refractivity contribution in [2.24, 2.45) is 0 Å². The van der Waals surface area contributed by atoms with Gasteiger partial charge in [-0.25, -0.2) is 4.98 Å². The smallest absolute Gasteiger partial charge is 0.416 e. The average molecular weight is 419 g/mol. The van der Waals surface area contributed by atoms with Crippen LogP contribution >= 0.6 is 0 Å². The molecule has 0 saturated carbocycles. The van der Waals surface area contributed by atoms with E-state index in [4.69, 9.17) is 4.74 Å². The fraction of sp³-hybridized carbons (Fsp3) is 0.350. The van der Waals surface area contributed by atoms with Gasteiger partial charge in [0.05, 0.1) is 24.4 Å². The summed E-state index contributed by atoms with van der Waals surface area (Å²) in [6.45, 7) is 2.59. The van der Waals surface area contributed by atoms with Gasteiger partial charge in [0.1, 0.15) is 5.56 Å². The summed E-state index contributed by atoms with van der Waals surface area (Å²) in [5.74, 6) is -0.122. The summed E-state index contributed by atoms with van der Waals surface area (Å²) in [6, 6.07) is 3.60. The third-order valence-electron chi connectivity index (χ3n) is 5.26. The van der Waals surface area contributed by atoms with Crippen molar-refractivity contribution in [1.82, 2.24) is 25.0 Å². The van der Waals surface area contributed by atoms with Crippen LogP contribution in [-0.2, 0) is 6.18 Å². The molecule has 1 aliphatic heterocycles. The van der Waals surface area contributed by atoms with Gasteiger partial charge in [-0.3, -0.25) is 9.89 Å². The Morgan fingerprint density at radius 3 is 2.53 bits per heavy atom. The number of ether oxygens (including phenoxy) is 1. The van der Waals surface area contributed by atoms with Gasteiger partial charge in [0.25, 0.3) is 5.91 Å². The Labute approximate surface area is 170 Å². The van der Waals surface area contributed by atoms with Crippen LogP contribution in [0, 0.1) is 0 Å². The van der Waals surface area contributed by atoms with E-state index < -0.39 is 11.7 Å². The molecular weight excluding hydrogens is 399 g/mol. The van der Waals surface area contributed by atoms with Crippen molar-refractivity contribution in [3.63, 3.8) is 0 Å². The highest BCUT2D eigenvalue weighted by Crippen LogP contribution is 2.37. The van der Waals surface area contributed by atoms with E-state index in [0.717, 1.165) is 25.2 Å². The lowest BCUT2D eigenvalue weighted by Gasteiger charge is -2.32. The molecule has 1 N–H and O–H groups in total. The number of carbonyl (C=O) groups is 1. The van der Waals surface area contributed by atoms with Gasteiger partial charge in [0.2, 0.25) is 5.88 Å². The molecular formula is C20H20F3N5O2. The Kier molecular flexibility index (Phi) is 5.10. The zero-order valence-electron chi connectivity index (χ0n) is 16.5. The number of hydrogen-bond acceptors (Lipinski definition) is 5. The zero-order valence-corrected chi connectivity index (χ0v) is 16.5. The van der Waals surface area contributed by atoms with Crippen LogP contribution in [-0.4, -0.2) is 71.2 Å². The number of methoxy groups -OCH3 is 1. The molecule has 0 aliphatic carbocycles. The van der Waals surface area contributed by atoms with E-state index in [2.05, 4.69) is 20.1 Å². The molecule has 30 heavy (non-hydrogen) atoms. The van der Waals surface area contributed by atoms with Gasteiger partial charge in [-0.15, -0.1) is 0 Å². The highest BCUT2D eigenvalue weighted by Gasteiger charge is 2.32. The number of halogens is 3. The maximum Gasteiger partial charge on any atom is 0.416 e. The van der Waals surface area contributed by atoms with Crippen molar-refractivity contribution >= 4 is 16.8 Å². The number of carbonyl (C=O) groups excluding carboxylic acids is 1. The summed E-state index contributed by atoms with van der Waals surface area (Å²) in [6.07, 6.45) is -1.66. The van der Waals surface area contributed by atoms with Crippen molar-refractivity contribution in [2.45, 2.75) is 6.18 Å². The lowest BCUT2D eigenvalue weighted by atomic mass is 9.98. The number of aromatic nitrogens is 3. The molecule has 1 aromatic carbocycles. The first kappa shape index (κ1) is 20.1. The standard InChI is InChI=1S/C20H20F3N5O2/c1-27-3-5-28(6-4-27)19(29)15-7-12(10-24-18(15)30-2)14-8-13(20(21,22)23)9-17-16(14)11-25-26-17/h7-11H,3-6H2,1-2H3,(H,25,26). The second-order valence-electron chi connectivity index (χ2n) is 7.23. The number of benzene rings is 1. The summed E-state index contributed by atoms with van der Waals surface area (Å²) in [4.78, 5) is 21.1. The Morgan fingerprint density at radius 2 is 1.87 bits per heavy atom. The zero-order chi connectivity index (χ0) is 21.5. The Hall–Kier alpha value is -3.14. The number of rotatable bonds is 3. The highest BCUT2D eigenvalue weighted by atomic mass is 19.4. The second kappa shape index (κ2) is 7.60. The molecule has 0 unspecified atom stereocenters. The van der Waals surface area contributed by atoms with Gasteiger partial charge >= 0.3 is 6.18 Å². The minimum atomic E-state index is -4.52. The van der Waals surface area contributed by atoms with Crippen LogP contribution in [0.15, 0.2) is 30.6 Å². The van der Waals surface area contributed by atoms with Crippen LogP contribution in [0.1, 0.15) is 15.9 Å². The number of aromatic amines is 1. The molecule has 1 amide bonds. The minimum Gasteiger partial charge on any atom is -0.480 e. The van der Waals surface area contributed by atoms with Gasteiger partial charge in [0, 0.05) is 43.3 Å². The second-order valence-corrected chi connectivity index (χ2v) is 7.23. The van der Waals surface area contributed by atoms with E-state index in [1.165, 1.54) is 25.6 Å². The van der Waals surface area contributed by atoms with E-state index in [-0.39, 0.29) is 28.4 Å². The molecule has 0 spiro atoms. The van der Waals surface area contributed by atoms with E-state index in [9.17, 15) is 18.0 Å². The van der Waals surface area contributed by atoms with Crippen molar-refractivity contribution in [3.8, 4) is 17.0 Å². The predicted molar refractivity (Wildman–Crippen MR) is 104 cm³/mol. The lowest BCUT2D eigenvalue weighted by Crippen LogP contribution is -2.47. The topological polar surface area (TPSA) is 74.3 Å². The molecule has 7 nitrogen and oxygen atoms in total. The number of pyridine rings is 1. The molecule has 4 rings (SSSR count). The van der Waals surface area contributed by atoms with E-state index in [1.807, 2.05) is 7.05 Å². The van der Waals surface area contributed by atoms with Crippen molar-refractivity contribution in [1.29, 1.82) is 0 Å². The maximum absolute atomic E-state index is 13.4. The first-order valence-corrected chi connectivity index (χ1v) is 9.34. The normalized spacial score (nSPS) is 15.6. The summed E-state index contributed by atoms with van der Waals surface area (Å²) in [7, 11) is 3.38. The third kappa shape index (κ3) is 3.70. The molecule has 0 bridgehead atoms. The number of amides is 1. The monoisotopic (exact) mass is 419 g/mol. The summed E-state index contributed by atoms with van der Waals surface area (Å²) in [5.41, 5.74) is 0.329. The number of fused-ring (bicyclic) bond motifs is 1. The first-order chi connectivity index (χ1) is 14.3. The molecule has 10 heteroatoms. The molecule has 3 heterocycles. The van der Waals surface area contributed by atoms with Crippen LogP contribution in [0.4, 0.5) is 13.2 Å². The number of nitrogens with zero attached hydrogens (tertiary/aromatic N) is 4. The number of nitrogens with one attached hydrogen (secondary N) is 1. The van der Waals surface area contributed by atoms with E-state index >= 15 is 0 Å². The van der Waals surface area contributed by atoms with Crippen LogP contribution in [0.5, 0.6) is 5.88 Å². The molecule has 1 saturated heterocycles. The molecule has 3 aromatic rings. The molecule has 158 valence electrons. The van der Waals surface area contributed by atoms with Crippen LogP contribution < -0.4 is 4.74 Å². The van der Waals surface area contributed by atoms with Gasteiger partial charge in [-0.1, -0.05) is 0 Å². The van der Waals surface area contributed by atoms with Gasteiger partial charge < -0.3 is 14.5 Å². The summed E-state index contributed by atoms with van der Waals surface area (Å²) in [5, 5.41) is 6.96. The molecule has 1 fully saturated rings. The largest absolute Gasteiger partial charge is 0.480 e. The number of piperazine rings is 1. The van der Waals surface area contributed by atoms with Crippen molar-refractivity contribution in [2.75, 3.05) is 40.3 Å². The predicted octanol–water partition coefficient (Wildman–Crippen LogP) is 3.04. The molecule has 0 atom stereocenters. The lowest BCUT2D eigenvalue weighted by molar-refractivity contribution is -0.137. The number of H-pyrrole nitrogens is 1. The van der Waals surface area contributed by atoms with Crippen molar-refractivity contribution in [3.05, 3.63) is 41.7 Å². The van der Waals surface area contributed by atoms with Crippen LogP contribution in [0.3, 0.4) is 0 Å². The summed E-state index contributed by atoms with van der Waals surface area (Å²) < 4.78 is 45.4. The van der Waals surface area contributed by atoms with E-state index in [1.54, 1.807) is 4.90 Å². The molecule has 1 aliphatic rings. The number of alkyl halides is 3. The third-order valence-corrected chi connectivity index (χ3v) is 5.26. The Morgan fingerprint density at radius 1 is 1.13 bits per heavy atom. The Balaban J connectivity index is 1.80. The van der Waals surface area contributed by atoms with Crippen LogP contribution in [0.2, 0.25) is 0 Å². The van der Waals surface area contributed by atoms with Gasteiger partial charge in [-0.2, -0.15) is 18.3 Å². The quantitative estimate of drug-likeness (QED) is 0.707. The average Bonchev–Trinajstić information content (AvgIpc) is 3.21. The number of likely N-dealkylation sites (N-methyl/N-ethyl adjacent to an activating group) is 1. The van der Waals surface area contributed by atoms with Crippen molar-refractivity contribution < 1.29 is 22.7 Å². The summed E-state index contributed by atoms with van der Waals surface area (Å²) >= 11 is 0. The van der Waals surface area contributed by atoms with Gasteiger partial charge in [0.15, 0.2) is 0 Å². The van der Waals surface area contributed by atoms with Gasteiger partial charge in [-0.05, 0) is 30.8 Å². The SMILES string of the molecule is COc1ncc(-c2cc(C(F)(F)F)cc3[nH]ncc23)cc1C(=O)N1CCN(C)CC1. The molecule has 0 radical (unpaired) electrons. The number of hydrogen-bond donors (Lipinski definition) is 1. The van der Waals surface area contributed by atoms with Crippen LogP contribution in [0.25, 0.3) is 22.0 Å². The first-order valence-electron chi connectivity index (χ1n) is 9.34. The van der Waals surface area contributed by atoms with E-state index in [0.29, 0.717) is 24.0 Å². The minimum absolute atomic E-state index is 0.137. The fourth-order valence-corrected chi connectivity index (χ4v) is 3.55. The molecule has 2 aromatic heterocycles. The fourth-order valence-electron chi connectivity index (χ4n) is 3.55. The maximum atomic E-state index is 13.4.